The van der Waals surface area contributed by atoms with Gasteiger partial charge in [-0.05, 0) is 5.56 Å². The minimum Gasteiger partial charge on any atom is -0.376 e. The van der Waals surface area contributed by atoms with Gasteiger partial charge in [-0.25, -0.2) is 0 Å². The van der Waals surface area contributed by atoms with Crippen LogP contribution in [0, 0.1) is 0 Å². The molecule has 0 amide bonds. The van der Waals surface area contributed by atoms with Gasteiger partial charge in [-0.2, -0.15) is 0 Å². The number of rotatable bonds is 5. The lowest BCUT2D eigenvalue weighted by molar-refractivity contribution is 0.102. The molecule has 0 aliphatic carbocycles. The standard InChI is InChI=1S/C12H14O3/c1-2-4-9(5-3-1)12-11(15-12)8-13-6-10-7-14-10/h1-5,10-12H,6-8H2. The maximum atomic E-state index is 5.54. The number of ether oxygens (including phenoxy) is 3. The van der Waals surface area contributed by atoms with Crippen LogP contribution in [0.1, 0.15) is 11.7 Å². The molecule has 2 saturated heterocycles. The Morgan fingerprint density at radius 1 is 1.20 bits per heavy atom. The van der Waals surface area contributed by atoms with Gasteiger partial charge in [-0.1, -0.05) is 30.3 Å². The summed E-state index contributed by atoms with van der Waals surface area (Å²) in [5, 5.41) is 0. The Hall–Kier alpha value is -0.900. The molecule has 2 heterocycles. The lowest BCUT2D eigenvalue weighted by atomic mass is 10.1. The van der Waals surface area contributed by atoms with Crippen molar-refractivity contribution < 1.29 is 14.2 Å². The summed E-state index contributed by atoms with van der Waals surface area (Å²) in [5.74, 6) is 0. The summed E-state index contributed by atoms with van der Waals surface area (Å²) in [6, 6.07) is 10.3. The van der Waals surface area contributed by atoms with E-state index in [9.17, 15) is 0 Å². The van der Waals surface area contributed by atoms with Gasteiger partial charge in [0.25, 0.3) is 0 Å². The van der Waals surface area contributed by atoms with Crippen molar-refractivity contribution in [3.63, 3.8) is 0 Å². The maximum absolute atomic E-state index is 5.54. The SMILES string of the molecule is c1ccc(C2OC2COCC2CO2)cc1. The zero-order valence-electron chi connectivity index (χ0n) is 8.46. The summed E-state index contributed by atoms with van der Waals surface area (Å²) >= 11 is 0. The molecular weight excluding hydrogens is 192 g/mol. The fraction of sp³-hybridized carbons (Fsp3) is 0.500. The molecule has 0 spiro atoms. The van der Waals surface area contributed by atoms with Crippen molar-refractivity contribution in [3.8, 4) is 0 Å². The lowest BCUT2D eigenvalue weighted by Crippen LogP contribution is -2.07. The quantitative estimate of drug-likeness (QED) is 0.685. The fourth-order valence-electron chi connectivity index (χ4n) is 1.69. The highest BCUT2D eigenvalue weighted by Crippen LogP contribution is 2.38. The van der Waals surface area contributed by atoms with Gasteiger partial charge < -0.3 is 14.2 Å². The van der Waals surface area contributed by atoms with E-state index in [1.165, 1.54) is 5.56 Å². The summed E-state index contributed by atoms with van der Waals surface area (Å²) in [7, 11) is 0. The predicted octanol–water partition coefficient (Wildman–Crippen LogP) is 1.54. The monoisotopic (exact) mass is 206 g/mol. The number of epoxide rings is 2. The van der Waals surface area contributed by atoms with Crippen LogP contribution in [0.25, 0.3) is 0 Å². The molecule has 1 aromatic carbocycles. The van der Waals surface area contributed by atoms with E-state index in [-0.39, 0.29) is 12.2 Å². The van der Waals surface area contributed by atoms with E-state index >= 15 is 0 Å². The van der Waals surface area contributed by atoms with E-state index in [2.05, 4.69) is 12.1 Å². The molecule has 80 valence electrons. The minimum atomic E-state index is 0.242. The highest BCUT2D eigenvalue weighted by molar-refractivity contribution is 5.22. The zero-order chi connectivity index (χ0) is 10.1. The average molecular weight is 206 g/mol. The second kappa shape index (κ2) is 3.93. The molecule has 2 aliphatic rings. The molecule has 15 heavy (non-hydrogen) atoms. The number of hydrogen-bond donors (Lipinski definition) is 0. The molecule has 3 heteroatoms. The molecule has 3 nitrogen and oxygen atoms in total. The van der Waals surface area contributed by atoms with Gasteiger partial charge in [-0.3, -0.25) is 0 Å². The summed E-state index contributed by atoms with van der Waals surface area (Å²) in [6.45, 7) is 2.24. The predicted molar refractivity (Wildman–Crippen MR) is 54.6 cm³/mol. The first-order valence-corrected chi connectivity index (χ1v) is 5.33. The van der Waals surface area contributed by atoms with Gasteiger partial charge in [0.15, 0.2) is 0 Å². The molecule has 3 atom stereocenters. The Balaban J connectivity index is 1.43. The van der Waals surface area contributed by atoms with Crippen LogP contribution in [0.5, 0.6) is 0 Å². The van der Waals surface area contributed by atoms with Crippen molar-refractivity contribution >= 4 is 0 Å². The topological polar surface area (TPSA) is 34.3 Å². The Kier molecular flexibility index (Phi) is 2.44. The van der Waals surface area contributed by atoms with Crippen molar-refractivity contribution in [3.05, 3.63) is 35.9 Å². The number of benzene rings is 1. The van der Waals surface area contributed by atoms with Crippen molar-refractivity contribution in [1.29, 1.82) is 0 Å². The van der Waals surface area contributed by atoms with E-state index in [0.29, 0.717) is 19.3 Å². The van der Waals surface area contributed by atoms with Crippen LogP contribution >= 0.6 is 0 Å². The van der Waals surface area contributed by atoms with E-state index in [0.717, 1.165) is 6.61 Å². The van der Waals surface area contributed by atoms with Gasteiger partial charge in [0.2, 0.25) is 0 Å². The van der Waals surface area contributed by atoms with Gasteiger partial charge >= 0.3 is 0 Å². The van der Waals surface area contributed by atoms with Crippen LogP contribution < -0.4 is 0 Å². The van der Waals surface area contributed by atoms with Crippen molar-refractivity contribution in [2.45, 2.75) is 18.3 Å². The summed E-state index contributed by atoms with van der Waals surface area (Å²) < 4.78 is 16.1. The molecule has 1 aromatic rings. The van der Waals surface area contributed by atoms with Crippen LogP contribution in [0.2, 0.25) is 0 Å². The fourth-order valence-corrected chi connectivity index (χ4v) is 1.69. The first-order chi connectivity index (χ1) is 7.43. The first-order valence-electron chi connectivity index (χ1n) is 5.33. The molecule has 2 aliphatic heterocycles. The van der Waals surface area contributed by atoms with Crippen molar-refractivity contribution in [1.82, 2.24) is 0 Å². The second-order valence-corrected chi connectivity index (χ2v) is 4.00. The van der Waals surface area contributed by atoms with Gasteiger partial charge in [0.05, 0.1) is 19.8 Å². The van der Waals surface area contributed by atoms with E-state index < -0.39 is 0 Å². The Labute approximate surface area is 89.0 Å². The third kappa shape index (κ3) is 2.37. The smallest absolute Gasteiger partial charge is 0.112 e. The van der Waals surface area contributed by atoms with E-state index in [1.54, 1.807) is 0 Å². The summed E-state index contributed by atoms with van der Waals surface area (Å²) in [6.07, 6.45) is 0.830. The zero-order valence-corrected chi connectivity index (χ0v) is 8.46. The Morgan fingerprint density at radius 2 is 2.00 bits per heavy atom. The highest BCUT2D eigenvalue weighted by Gasteiger charge is 2.40. The van der Waals surface area contributed by atoms with Crippen LogP contribution in [-0.2, 0) is 14.2 Å². The largest absolute Gasteiger partial charge is 0.376 e. The third-order valence-electron chi connectivity index (χ3n) is 2.70. The Morgan fingerprint density at radius 3 is 2.73 bits per heavy atom. The summed E-state index contributed by atoms with van der Waals surface area (Å²) in [5.41, 5.74) is 1.24. The molecule has 0 bridgehead atoms. The van der Waals surface area contributed by atoms with E-state index in [4.69, 9.17) is 14.2 Å². The maximum Gasteiger partial charge on any atom is 0.112 e. The third-order valence-corrected chi connectivity index (χ3v) is 2.70. The van der Waals surface area contributed by atoms with Gasteiger partial charge in [-0.15, -0.1) is 0 Å². The molecule has 0 aromatic heterocycles. The first kappa shape index (κ1) is 9.33. The normalized spacial score (nSPS) is 32.7. The summed E-state index contributed by atoms with van der Waals surface area (Å²) in [4.78, 5) is 0. The second-order valence-electron chi connectivity index (χ2n) is 4.00. The molecule has 0 N–H and O–H groups in total. The van der Waals surface area contributed by atoms with Crippen molar-refractivity contribution in [2.24, 2.45) is 0 Å². The highest BCUT2D eigenvalue weighted by atomic mass is 16.6. The van der Waals surface area contributed by atoms with Crippen LogP contribution in [0.4, 0.5) is 0 Å². The van der Waals surface area contributed by atoms with Crippen LogP contribution in [0.3, 0.4) is 0 Å². The molecule has 0 saturated carbocycles. The Bertz CT molecular complexity index is 321. The molecule has 0 radical (unpaired) electrons. The van der Waals surface area contributed by atoms with Gasteiger partial charge in [0.1, 0.15) is 18.3 Å². The van der Waals surface area contributed by atoms with Crippen LogP contribution in [0.15, 0.2) is 30.3 Å². The van der Waals surface area contributed by atoms with E-state index in [1.807, 2.05) is 18.2 Å². The molecule has 3 unspecified atom stereocenters. The minimum absolute atomic E-state index is 0.242. The van der Waals surface area contributed by atoms with Crippen LogP contribution in [-0.4, -0.2) is 32.0 Å². The lowest BCUT2D eigenvalue weighted by Gasteiger charge is -1.98. The average Bonchev–Trinajstić information content (AvgIpc) is 3.13. The van der Waals surface area contributed by atoms with Crippen molar-refractivity contribution in [2.75, 3.05) is 19.8 Å². The van der Waals surface area contributed by atoms with Gasteiger partial charge in [0, 0.05) is 0 Å². The number of hydrogen-bond acceptors (Lipinski definition) is 3. The molecule has 2 fully saturated rings. The molecular formula is C12H14O3. The molecule has 3 rings (SSSR count).